The molecule has 0 spiro atoms. The van der Waals surface area contributed by atoms with E-state index in [9.17, 15) is 4.39 Å². The summed E-state index contributed by atoms with van der Waals surface area (Å²) in [7, 11) is 2.21. The van der Waals surface area contributed by atoms with Crippen molar-refractivity contribution in [3.63, 3.8) is 0 Å². The van der Waals surface area contributed by atoms with Gasteiger partial charge in [0.15, 0.2) is 11.6 Å². The first-order valence-corrected chi connectivity index (χ1v) is 8.46. The minimum atomic E-state index is -0.377. The Kier molecular flexibility index (Phi) is 4.16. The van der Waals surface area contributed by atoms with Crippen LogP contribution in [0, 0.1) is 5.82 Å². The molecule has 2 aliphatic heterocycles. The molecule has 24 heavy (non-hydrogen) atoms. The summed E-state index contributed by atoms with van der Waals surface area (Å²) in [4.78, 5) is 13.4. The second kappa shape index (κ2) is 6.45. The number of piperazine rings is 1. The summed E-state index contributed by atoms with van der Waals surface area (Å²) in [5.74, 6) is 0.435. The van der Waals surface area contributed by atoms with Gasteiger partial charge < -0.3 is 10.2 Å². The third-order valence-corrected chi connectivity index (χ3v) is 5.01. The number of aromatic nitrogens is 2. The lowest BCUT2D eigenvalue weighted by Crippen LogP contribution is -2.51. The standard InChI is InChI=1S/C18H22FN5/c1-23-11-14-5-6-15(12-23)24(14)10-13-4-7-17(21-9-13)22-18-16(19)3-2-8-20-18/h2-4,7-9,14-15H,5-6,10-12H2,1H3,(H,20,21,22). The predicted molar refractivity (Wildman–Crippen MR) is 91.6 cm³/mol. The van der Waals surface area contributed by atoms with Gasteiger partial charge in [-0.05, 0) is 43.7 Å². The Morgan fingerprint density at radius 2 is 1.96 bits per heavy atom. The first-order valence-electron chi connectivity index (χ1n) is 8.46. The van der Waals surface area contributed by atoms with Crippen molar-refractivity contribution in [2.75, 3.05) is 25.5 Å². The molecule has 2 atom stereocenters. The van der Waals surface area contributed by atoms with Crippen LogP contribution in [0.15, 0.2) is 36.7 Å². The lowest BCUT2D eigenvalue weighted by atomic mass is 10.1. The van der Waals surface area contributed by atoms with Gasteiger partial charge >= 0.3 is 0 Å². The van der Waals surface area contributed by atoms with Crippen molar-refractivity contribution in [1.82, 2.24) is 19.8 Å². The molecule has 2 unspecified atom stereocenters. The normalized spacial score (nSPS) is 24.2. The molecule has 2 fully saturated rings. The highest BCUT2D eigenvalue weighted by Gasteiger charge is 2.38. The van der Waals surface area contributed by atoms with Crippen LogP contribution >= 0.6 is 0 Å². The first kappa shape index (κ1) is 15.5. The maximum absolute atomic E-state index is 13.6. The Morgan fingerprint density at radius 3 is 2.62 bits per heavy atom. The van der Waals surface area contributed by atoms with Crippen LogP contribution in [0.25, 0.3) is 0 Å². The van der Waals surface area contributed by atoms with Gasteiger partial charge in [-0.3, -0.25) is 4.90 Å². The van der Waals surface area contributed by atoms with Gasteiger partial charge in [-0.1, -0.05) is 6.07 Å². The lowest BCUT2D eigenvalue weighted by molar-refractivity contribution is 0.0759. The van der Waals surface area contributed by atoms with Crippen molar-refractivity contribution in [2.45, 2.75) is 31.5 Å². The fourth-order valence-electron chi connectivity index (χ4n) is 3.86. The molecule has 0 aromatic carbocycles. The highest BCUT2D eigenvalue weighted by molar-refractivity contribution is 5.51. The number of likely N-dealkylation sites (tertiary alicyclic amines) is 1. The van der Waals surface area contributed by atoms with Gasteiger partial charge in [-0.25, -0.2) is 14.4 Å². The molecule has 2 bridgehead atoms. The molecule has 1 N–H and O–H groups in total. The van der Waals surface area contributed by atoms with E-state index in [2.05, 4.69) is 38.2 Å². The van der Waals surface area contributed by atoms with Crippen molar-refractivity contribution < 1.29 is 4.39 Å². The quantitative estimate of drug-likeness (QED) is 0.935. The maximum atomic E-state index is 13.6. The van der Waals surface area contributed by atoms with E-state index < -0.39 is 0 Å². The molecule has 2 aromatic heterocycles. The summed E-state index contributed by atoms with van der Waals surface area (Å²) < 4.78 is 13.6. The number of fused-ring (bicyclic) bond motifs is 2. The van der Waals surface area contributed by atoms with Gasteiger partial charge in [0.2, 0.25) is 0 Å². The molecule has 0 saturated carbocycles. The molecule has 2 aliphatic rings. The van der Waals surface area contributed by atoms with Gasteiger partial charge in [-0.15, -0.1) is 0 Å². The van der Waals surface area contributed by atoms with Crippen LogP contribution in [-0.4, -0.2) is 52.0 Å². The second-order valence-corrected chi connectivity index (χ2v) is 6.79. The summed E-state index contributed by atoms with van der Waals surface area (Å²) in [6.45, 7) is 3.25. The topological polar surface area (TPSA) is 44.3 Å². The summed E-state index contributed by atoms with van der Waals surface area (Å²) in [6, 6.07) is 8.23. The fourth-order valence-corrected chi connectivity index (χ4v) is 3.86. The van der Waals surface area contributed by atoms with E-state index in [1.807, 2.05) is 12.3 Å². The minimum absolute atomic E-state index is 0.204. The molecule has 0 aliphatic carbocycles. The summed E-state index contributed by atoms with van der Waals surface area (Å²) in [5.41, 5.74) is 1.20. The number of rotatable bonds is 4. The van der Waals surface area contributed by atoms with E-state index in [0.717, 1.165) is 19.6 Å². The zero-order valence-corrected chi connectivity index (χ0v) is 13.8. The molecule has 0 amide bonds. The molecule has 2 saturated heterocycles. The van der Waals surface area contributed by atoms with Crippen LogP contribution in [0.2, 0.25) is 0 Å². The number of likely N-dealkylation sites (N-methyl/N-ethyl adjacent to an activating group) is 1. The predicted octanol–water partition coefficient (Wildman–Crippen LogP) is 2.64. The second-order valence-electron chi connectivity index (χ2n) is 6.79. The van der Waals surface area contributed by atoms with Gasteiger partial charge in [0.1, 0.15) is 5.82 Å². The van der Waals surface area contributed by atoms with Crippen LogP contribution in [0.3, 0.4) is 0 Å². The molecule has 126 valence electrons. The molecule has 4 heterocycles. The van der Waals surface area contributed by atoms with Crippen molar-refractivity contribution in [3.8, 4) is 0 Å². The van der Waals surface area contributed by atoms with Gasteiger partial charge in [0.05, 0.1) is 0 Å². The van der Waals surface area contributed by atoms with E-state index in [0.29, 0.717) is 17.9 Å². The highest BCUT2D eigenvalue weighted by atomic mass is 19.1. The average molecular weight is 327 g/mol. The number of anilines is 2. The molecule has 6 heteroatoms. The molecule has 0 radical (unpaired) electrons. The Morgan fingerprint density at radius 1 is 1.17 bits per heavy atom. The number of hydrogen-bond donors (Lipinski definition) is 1. The van der Waals surface area contributed by atoms with Crippen molar-refractivity contribution in [2.24, 2.45) is 0 Å². The van der Waals surface area contributed by atoms with Gasteiger partial charge in [0.25, 0.3) is 0 Å². The van der Waals surface area contributed by atoms with Gasteiger partial charge in [0, 0.05) is 44.1 Å². The van der Waals surface area contributed by atoms with E-state index in [-0.39, 0.29) is 11.6 Å². The Bertz CT molecular complexity index is 691. The van der Waals surface area contributed by atoms with E-state index >= 15 is 0 Å². The number of halogens is 1. The molecule has 5 nitrogen and oxygen atoms in total. The van der Waals surface area contributed by atoms with Crippen molar-refractivity contribution in [3.05, 3.63) is 48.0 Å². The first-order chi connectivity index (χ1) is 11.7. The molecule has 2 aromatic rings. The Labute approximate surface area is 141 Å². The SMILES string of the molecule is CN1CC2CCC(C1)N2Cc1ccc(Nc2ncccc2F)nc1. The number of nitrogens with zero attached hydrogens (tertiary/aromatic N) is 4. The van der Waals surface area contributed by atoms with E-state index in [1.165, 1.54) is 24.5 Å². The van der Waals surface area contributed by atoms with Gasteiger partial charge in [-0.2, -0.15) is 0 Å². The van der Waals surface area contributed by atoms with Crippen LogP contribution < -0.4 is 5.32 Å². The van der Waals surface area contributed by atoms with Crippen LogP contribution in [0.1, 0.15) is 18.4 Å². The minimum Gasteiger partial charge on any atom is -0.322 e. The molecule has 4 rings (SSSR count). The highest BCUT2D eigenvalue weighted by Crippen LogP contribution is 2.31. The smallest absolute Gasteiger partial charge is 0.167 e. The van der Waals surface area contributed by atoms with Crippen LogP contribution in [0.5, 0.6) is 0 Å². The average Bonchev–Trinajstić information content (AvgIpc) is 2.81. The zero-order valence-electron chi connectivity index (χ0n) is 13.8. The zero-order chi connectivity index (χ0) is 16.5. The third kappa shape index (κ3) is 3.12. The Balaban J connectivity index is 1.42. The fraction of sp³-hybridized carbons (Fsp3) is 0.444. The third-order valence-electron chi connectivity index (χ3n) is 5.01. The summed E-state index contributed by atoms with van der Waals surface area (Å²) >= 11 is 0. The largest absolute Gasteiger partial charge is 0.322 e. The maximum Gasteiger partial charge on any atom is 0.167 e. The number of pyridine rings is 2. The lowest BCUT2D eigenvalue weighted by Gasteiger charge is -2.39. The van der Waals surface area contributed by atoms with Crippen LogP contribution in [0.4, 0.5) is 16.0 Å². The van der Waals surface area contributed by atoms with E-state index in [1.54, 1.807) is 12.3 Å². The molecular formula is C18H22FN5. The summed E-state index contributed by atoms with van der Waals surface area (Å²) in [6.07, 6.45) is 6.02. The number of nitrogens with one attached hydrogen (secondary N) is 1. The number of hydrogen-bond acceptors (Lipinski definition) is 5. The van der Waals surface area contributed by atoms with Crippen molar-refractivity contribution >= 4 is 11.6 Å². The summed E-state index contributed by atoms with van der Waals surface area (Å²) in [5, 5.41) is 2.92. The van der Waals surface area contributed by atoms with Crippen molar-refractivity contribution in [1.29, 1.82) is 0 Å². The Hall–Kier alpha value is -2.05. The monoisotopic (exact) mass is 327 g/mol. The van der Waals surface area contributed by atoms with E-state index in [4.69, 9.17) is 0 Å². The van der Waals surface area contributed by atoms with Crippen LogP contribution in [-0.2, 0) is 6.54 Å². The molecular weight excluding hydrogens is 305 g/mol.